The third-order valence-corrected chi connectivity index (χ3v) is 8.50. The maximum atomic E-state index is 13.0. The monoisotopic (exact) mass is 518 g/mol. The standard InChI is InChI=1S/C24H27ClN4O5S/c25-19-11-10-18(15-21(19)35(33,34)28-13-5-2-6-14-28)26-22(30)16-29-23(31)20(27-24(29)32)12-9-17-7-3-1-4-8-17/h1,3-4,7-8,10-11,15,20H,2,5-6,9,12-14,16H2,(H,26,30)(H,27,32). The number of halogens is 1. The van der Waals surface area contributed by atoms with E-state index in [9.17, 15) is 22.8 Å². The van der Waals surface area contributed by atoms with Crippen molar-refractivity contribution in [3.8, 4) is 0 Å². The number of piperidine rings is 1. The first-order valence-electron chi connectivity index (χ1n) is 11.5. The lowest BCUT2D eigenvalue weighted by atomic mass is 10.1. The Labute approximate surface area is 209 Å². The number of nitrogens with zero attached hydrogens (tertiary/aromatic N) is 2. The number of nitrogens with one attached hydrogen (secondary N) is 2. The normalized spacial score (nSPS) is 19.0. The zero-order valence-corrected chi connectivity index (χ0v) is 20.6. The van der Waals surface area contributed by atoms with Crippen LogP contribution in [0.5, 0.6) is 0 Å². The molecule has 186 valence electrons. The molecule has 2 aliphatic rings. The average Bonchev–Trinajstić information content (AvgIpc) is 3.12. The van der Waals surface area contributed by atoms with Crippen LogP contribution in [0.3, 0.4) is 0 Å². The Balaban J connectivity index is 1.39. The molecule has 0 saturated carbocycles. The van der Waals surface area contributed by atoms with Crippen LogP contribution in [0, 0.1) is 0 Å². The highest BCUT2D eigenvalue weighted by Gasteiger charge is 2.38. The molecule has 1 unspecified atom stereocenters. The Morgan fingerprint density at radius 3 is 2.49 bits per heavy atom. The van der Waals surface area contributed by atoms with E-state index in [1.807, 2.05) is 30.3 Å². The number of rotatable bonds is 8. The molecule has 4 rings (SSSR count). The number of hydrogen-bond acceptors (Lipinski definition) is 5. The molecule has 2 fully saturated rings. The first-order valence-corrected chi connectivity index (χ1v) is 13.3. The third-order valence-electron chi connectivity index (χ3n) is 6.12. The maximum absolute atomic E-state index is 13.0. The van der Waals surface area contributed by atoms with Gasteiger partial charge in [-0.15, -0.1) is 0 Å². The number of amides is 4. The Morgan fingerprint density at radius 2 is 1.77 bits per heavy atom. The molecule has 0 aliphatic carbocycles. The van der Waals surface area contributed by atoms with Crippen molar-refractivity contribution < 1.29 is 22.8 Å². The van der Waals surface area contributed by atoms with Crippen LogP contribution < -0.4 is 10.6 Å². The van der Waals surface area contributed by atoms with Crippen molar-refractivity contribution in [1.29, 1.82) is 0 Å². The zero-order valence-electron chi connectivity index (χ0n) is 19.1. The third kappa shape index (κ3) is 5.83. The number of anilines is 1. The molecule has 11 heteroatoms. The van der Waals surface area contributed by atoms with Crippen LogP contribution in [0.4, 0.5) is 10.5 Å². The predicted molar refractivity (Wildman–Crippen MR) is 131 cm³/mol. The van der Waals surface area contributed by atoms with E-state index in [1.165, 1.54) is 22.5 Å². The minimum atomic E-state index is -3.81. The molecule has 2 saturated heterocycles. The van der Waals surface area contributed by atoms with E-state index in [1.54, 1.807) is 0 Å². The fraction of sp³-hybridized carbons (Fsp3) is 0.375. The number of imide groups is 1. The average molecular weight is 519 g/mol. The lowest BCUT2D eigenvalue weighted by Crippen LogP contribution is -2.38. The first-order chi connectivity index (χ1) is 16.8. The van der Waals surface area contributed by atoms with Gasteiger partial charge in [-0.3, -0.25) is 14.5 Å². The van der Waals surface area contributed by atoms with Crippen LogP contribution in [0.2, 0.25) is 5.02 Å². The van der Waals surface area contributed by atoms with E-state index in [2.05, 4.69) is 10.6 Å². The summed E-state index contributed by atoms with van der Waals surface area (Å²) in [4.78, 5) is 38.4. The molecule has 2 aromatic carbocycles. The smallest absolute Gasteiger partial charge is 0.325 e. The fourth-order valence-corrected chi connectivity index (χ4v) is 6.26. The van der Waals surface area contributed by atoms with Gasteiger partial charge in [-0.2, -0.15) is 4.31 Å². The van der Waals surface area contributed by atoms with Crippen LogP contribution in [0.25, 0.3) is 0 Å². The summed E-state index contributed by atoms with van der Waals surface area (Å²) in [7, 11) is -3.81. The van der Waals surface area contributed by atoms with Gasteiger partial charge in [0, 0.05) is 18.8 Å². The summed E-state index contributed by atoms with van der Waals surface area (Å²) >= 11 is 6.18. The Kier molecular flexibility index (Phi) is 7.73. The second-order valence-corrected chi connectivity index (χ2v) is 10.9. The lowest BCUT2D eigenvalue weighted by molar-refractivity contribution is -0.130. The van der Waals surface area contributed by atoms with Crippen LogP contribution in [-0.2, 0) is 26.0 Å². The van der Waals surface area contributed by atoms with Crippen LogP contribution in [-0.4, -0.2) is 61.1 Å². The SMILES string of the molecule is O=C(CN1C(=O)NC(CCc2ccccc2)C1=O)Nc1ccc(Cl)c(S(=O)(=O)N2CCCCC2)c1. The second kappa shape index (κ2) is 10.8. The van der Waals surface area contributed by atoms with Crippen molar-refractivity contribution >= 4 is 45.2 Å². The van der Waals surface area contributed by atoms with Crippen LogP contribution in [0.15, 0.2) is 53.4 Å². The number of carbonyl (C=O) groups is 3. The summed E-state index contributed by atoms with van der Waals surface area (Å²) in [6, 6.07) is 12.4. The Bertz CT molecular complexity index is 1220. The first kappa shape index (κ1) is 25.2. The summed E-state index contributed by atoms with van der Waals surface area (Å²) in [5.74, 6) is -1.09. The Morgan fingerprint density at radius 1 is 1.06 bits per heavy atom. The summed E-state index contributed by atoms with van der Waals surface area (Å²) in [5, 5.41) is 5.25. The summed E-state index contributed by atoms with van der Waals surface area (Å²) in [6.45, 7) is 0.364. The highest BCUT2D eigenvalue weighted by molar-refractivity contribution is 7.89. The number of urea groups is 1. The molecule has 0 bridgehead atoms. The molecule has 0 radical (unpaired) electrons. The molecule has 9 nitrogen and oxygen atoms in total. The second-order valence-electron chi connectivity index (χ2n) is 8.61. The maximum Gasteiger partial charge on any atom is 0.325 e. The zero-order chi connectivity index (χ0) is 25.0. The fourth-order valence-electron chi connectivity index (χ4n) is 4.25. The molecule has 0 spiro atoms. The molecular formula is C24H27ClN4O5S. The van der Waals surface area contributed by atoms with Crippen molar-refractivity contribution in [2.75, 3.05) is 25.0 Å². The minimum Gasteiger partial charge on any atom is -0.326 e. The predicted octanol–water partition coefficient (Wildman–Crippen LogP) is 3.01. The van der Waals surface area contributed by atoms with Crippen molar-refractivity contribution in [2.24, 2.45) is 0 Å². The van der Waals surface area contributed by atoms with Crippen LogP contribution in [0.1, 0.15) is 31.2 Å². The number of hydrogen-bond donors (Lipinski definition) is 2. The quantitative estimate of drug-likeness (QED) is 0.521. The molecule has 2 heterocycles. The van der Waals surface area contributed by atoms with Gasteiger partial charge in [0.05, 0.1) is 5.02 Å². The molecule has 1 atom stereocenters. The van der Waals surface area contributed by atoms with Gasteiger partial charge in [-0.1, -0.05) is 48.4 Å². The molecule has 2 aromatic rings. The van der Waals surface area contributed by atoms with Gasteiger partial charge in [0.25, 0.3) is 5.91 Å². The van der Waals surface area contributed by atoms with Gasteiger partial charge in [0.2, 0.25) is 15.9 Å². The lowest BCUT2D eigenvalue weighted by Gasteiger charge is -2.26. The molecule has 2 N–H and O–H groups in total. The van der Waals surface area contributed by atoms with E-state index in [4.69, 9.17) is 11.6 Å². The van der Waals surface area contributed by atoms with Gasteiger partial charge in [-0.25, -0.2) is 13.2 Å². The number of sulfonamides is 1. The summed E-state index contributed by atoms with van der Waals surface area (Å²) < 4.78 is 27.5. The Hall–Kier alpha value is -2.95. The highest BCUT2D eigenvalue weighted by atomic mass is 35.5. The highest BCUT2D eigenvalue weighted by Crippen LogP contribution is 2.29. The molecule has 35 heavy (non-hydrogen) atoms. The van der Waals surface area contributed by atoms with E-state index in [0.29, 0.717) is 25.9 Å². The number of benzene rings is 2. The molecule has 2 aliphatic heterocycles. The van der Waals surface area contributed by atoms with Crippen LogP contribution >= 0.6 is 11.6 Å². The minimum absolute atomic E-state index is 0.0592. The summed E-state index contributed by atoms with van der Waals surface area (Å²) in [6.07, 6.45) is 3.57. The number of carbonyl (C=O) groups excluding carboxylic acids is 3. The van der Waals surface area contributed by atoms with Gasteiger partial charge in [0.1, 0.15) is 17.5 Å². The van der Waals surface area contributed by atoms with Gasteiger partial charge < -0.3 is 10.6 Å². The van der Waals surface area contributed by atoms with Crippen molar-refractivity contribution in [3.05, 3.63) is 59.1 Å². The van der Waals surface area contributed by atoms with E-state index < -0.39 is 40.5 Å². The molecule has 0 aromatic heterocycles. The largest absolute Gasteiger partial charge is 0.326 e. The van der Waals surface area contributed by atoms with E-state index in [0.717, 1.165) is 29.7 Å². The van der Waals surface area contributed by atoms with Gasteiger partial charge >= 0.3 is 6.03 Å². The van der Waals surface area contributed by atoms with E-state index >= 15 is 0 Å². The number of aryl methyl sites for hydroxylation is 1. The van der Waals surface area contributed by atoms with Crippen molar-refractivity contribution in [1.82, 2.24) is 14.5 Å². The topological polar surface area (TPSA) is 116 Å². The molecule has 4 amide bonds. The summed E-state index contributed by atoms with van der Waals surface area (Å²) in [5.41, 5.74) is 1.26. The van der Waals surface area contributed by atoms with Crippen molar-refractivity contribution in [3.63, 3.8) is 0 Å². The van der Waals surface area contributed by atoms with E-state index in [-0.39, 0.29) is 15.6 Å². The van der Waals surface area contributed by atoms with Crippen molar-refractivity contribution in [2.45, 2.75) is 43.0 Å². The molecular weight excluding hydrogens is 492 g/mol. The van der Waals surface area contributed by atoms with Gasteiger partial charge in [0.15, 0.2) is 0 Å². The van der Waals surface area contributed by atoms with Gasteiger partial charge in [-0.05, 0) is 49.4 Å².